The van der Waals surface area contributed by atoms with Crippen molar-refractivity contribution in [3.63, 3.8) is 0 Å². The van der Waals surface area contributed by atoms with Crippen LogP contribution < -0.4 is 5.32 Å². The fraction of sp³-hybridized carbons (Fsp3) is 0.0588. The average Bonchev–Trinajstić information content (AvgIpc) is 3.04. The number of thioether (sulfide) groups is 1. The Bertz CT molecular complexity index is 851. The van der Waals surface area contributed by atoms with Gasteiger partial charge in [0.15, 0.2) is 5.16 Å². The number of halogens is 2. The highest BCUT2D eigenvalue weighted by Crippen LogP contribution is 2.23. The standard InChI is InChI=1S/C17H13BrClN3OS/c18-12-4-6-14(7-5-12)21-16(23)11-24-17-20-8-9-22(17)15-3-1-2-13(19)10-15/h1-10H,11H2,(H,21,23). The van der Waals surface area contributed by atoms with Gasteiger partial charge in [-0.25, -0.2) is 4.98 Å². The number of amides is 1. The van der Waals surface area contributed by atoms with Crippen LogP contribution in [0.5, 0.6) is 0 Å². The number of imidazole rings is 1. The minimum Gasteiger partial charge on any atom is -0.325 e. The van der Waals surface area contributed by atoms with Crippen molar-refractivity contribution in [2.24, 2.45) is 0 Å². The average molecular weight is 423 g/mol. The highest BCUT2D eigenvalue weighted by Gasteiger charge is 2.09. The Morgan fingerprint density at radius 3 is 2.79 bits per heavy atom. The third kappa shape index (κ3) is 4.41. The molecule has 0 fully saturated rings. The smallest absolute Gasteiger partial charge is 0.234 e. The second kappa shape index (κ2) is 7.88. The predicted octanol–water partition coefficient (Wildman–Crippen LogP) is 5.02. The molecule has 0 aliphatic carbocycles. The number of aromatic nitrogens is 2. The molecule has 0 bridgehead atoms. The molecule has 0 aliphatic heterocycles. The monoisotopic (exact) mass is 421 g/mol. The highest BCUT2D eigenvalue weighted by atomic mass is 79.9. The second-order valence-corrected chi connectivity index (χ2v) is 7.20. The fourth-order valence-corrected chi connectivity index (χ4v) is 3.30. The zero-order chi connectivity index (χ0) is 16.9. The Morgan fingerprint density at radius 2 is 2.04 bits per heavy atom. The van der Waals surface area contributed by atoms with Crippen molar-refractivity contribution in [1.29, 1.82) is 0 Å². The first-order valence-electron chi connectivity index (χ1n) is 7.09. The third-order valence-electron chi connectivity index (χ3n) is 3.15. The predicted molar refractivity (Wildman–Crippen MR) is 102 cm³/mol. The van der Waals surface area contributed by atoms with E-state index in [0.717, 1.165) is 21.0 Å². The van der Waals surface area contributed by atoms with E-state index in [2.05, 4.69) is 26.2 Å². The van der Waals surface area contributed by atoms with Crippen LogP contribution in [-0.2, 0) is 4.79 Å². The topological polar surface area (TPSA) is 46.9 Å². The van der Waals surface area contributed by atoms with Gasteiger partial charge in [0.1, 0.15) is 0 Å². The zero-order valence-electron chi connectivity index (χ0n) is 12.4. The SMILES string of the molecule is O=C(CSc1nccn1-c1cccc(Cl)c1)Nc1ccc(Br)cc1. The zero-order valence-corrected chi connectivity index (χ0v) is 15.6. The first kappa shape index (κ1) is 17.1. The molecule has 0 saturated carbocycles. The van der Waals surface area contributed by atoms with Gasteiger partial charge in [-0.1, -0.05) is 45.4 Å². The number of rotatable bonds is 5. The van der Waals surface area contributed by atoms with Gasteiger partial charge in [0, 0.05) is 33.3 Å². The largest absolute Gasteiger partial charge is 0.325 e. The van der Waals surface area contributed by atoms with Crippen LogP contribution in [0.25, 0.3) is 5.69 Å². The van der Waals surface area contributed by atoms with Crippen molar-refractivity contribution in [3.05, 3.63) is 70.4 Å². The van der Waals surface area contributed by atoms with Gasteiger partial charge in [-0.3, -0.25) is 9.36 Å². The summed E-state index contributed by atoms with van der Waals surface area (Å²) < 4.78 is 2.88. The summed E-state index contributed by atoms with van der Waals surface area (Å²) in [6.07, 6.45) is 3.55. The Morgan fingerprint density at radius 1 is 1.25 bits per heavy atom. The van der Waals surface area contributed by atoms with Crippen molar-refractivity contribution in [3.8, 4) is 5.69 Å². The molecule has 122 valence electrons. The summed E-state index contributed by atoms with van der Waals surface area (Å²) in [5.74, 6) is 0.191. The van der Waals surface area contributed by atoms with Crippen LogP contribution in [0, 0.1) is 0 Å². The van der Waals surface area contributed by atoms with E-state index < -0.39 is 0 Å². The molecule has 0 saturated heterocycles. The Labute approximate surface area is 157 Å². The lowest BCUT2D eigenvalue weighted by Gasteiger charge is -2.08. The molecule has 24 heavy (non-hydrogen) atoms. The molecule has 7 heteroatoms. The molecule has 0 unspecified atom stereocenters. The lowest BCUT2D eigenvalue weighted by Crippen LogP contribution is -2.14. The normalized spacial score (nSPS) is 10.6. The van der Waals surface area contributed by atoms with Gasteiger partial charge >= 0.3 is 0 Å². The van der Waals surface area contributed by atoms with E-state index in [1.54, 1.807) is 6.20 Å². The van der Waals surface area contributed by atoms with Crippen molar-refractivity contribution < 1.29 is 4.79 Å². The van der Waals surface area contributed by atoms with Gasteiger partial charge in [-0.2, -0.15) is 0 Å². The van der Waals surface area contributed by atoms with E-state index in [0.29, 0.717) is 5.02 Å². The maximum absolute atomic E-state index is 12.1. The van der Waals surface area contributed by atoms with Crippen molar-refractivity contribution in [1.82, 2.24) is 9.55 Å². The Hall–Kier alpha value is -1.76. The molecular formula is C17H13BrClN3OS. The van der Waals surface area contributed by atoms with Gasteiger partial charge in [0.2, 0.25) is 5.91 Å². The lowest BCUT2D eigenvalue weighted by atomic mass is 10.3. The van der Waals surface area contributed by atoms with Crippen LogP contribution in [0.1, 0.15) is 0 Å². The van der Waals surface area contributed by atoms with Gasteiger partial charge in [0.25, 0.3) is 0 Å². The van der Waals surface area contributed by atoms with Crippen molar-refractivity contribution >= 4 is 50.9 Å². The van der Waals surface area contributed by atoms with Crippen LogP contribution in [0.4, 0.5) is 5.69 Å². The summed E-state index contributed by atoms with van der Waals surface area (Å²) in [7, 11) is 0. The number of hydrogen-bond donors (Lipinski definition) is 1. The first-order chi connectivity index (χ1) is 11.6. The summed E-state index contributed by atoms with van der Waals surface area (Å²) in [5, 5.41) is 4.26. The quantitative estimate of drug-likeness (QED) is 0.587. The summed E-state index contributed by atoms with van der Waals surface area (Å²) in [5.41, 5.74) is 1.68. The number of anilines is 1. The number of nitrogens with zero attached hydrogens (tertiary/aromatic N) is 2. The third-order valence-corrected chi connectivity index (χ3v) is 4.88. The van der Waals surface area contributed by atoms with E-state index in [1.807, 2.05) is 59.3 Å². The fourth-order valence-electron chi connectivity index (χ4n) is 2.08. The molecule has 4 nitrogen and oxygen atoms in total. The Balaban J connectivity index is 1.64. The molecule has 1 amide bonds. The van der Waals surface area contributed by atoms with E-state index >= 15 is 0 Å². The van der Waals surface area contributed by atoms with Gasteiger partial charge < -0.3 is 5.32 Å². The molecular weight excluding hydrogens is 410 g/mol. The first-order valence-corrected chi connectivity index (χ1v) is 9.25. The van der Waals surface area contributed by atoms with Crippen LogP contribution >= 0.6 is 39.3 Å². The molecule has 3 aromatic rings. The Kier molecular flexibility index (Phi) is 5.60. The molecule has 0 aliphatic rings. The molecule has 3 rings (SSSR count). The summed E-state index contributed by atoms with van der Waals surface area (Å²) in [6.45, 7) is 0. The molecule has 2 aromatic carbocycles. The van der Waals surface area contributed by atoms with Gasteiger partial charge in [0.05, 0.1) is 5.75 Å². The van der Waals surface area contributed by atoms with Gasteiger partial charge in [-0.05, 0) is 42.5 Å². The van der Waals surface area contributed by atoms with Crippen molar-refractivity contribution in [2.75, 3.05) is 11.1 Å². The minimum atomic E-state index is -0.0806. The maximum Gasteiger partial charge on any atom is 0.234 e. The molecule has 0 atom stereocenters. The van der Waals surface area contributed by atoms with Crippen LogP contribution in [-0.4, -0.2) is 21.2 Å². The van der Waals surface area contributed by atoms with E-state index in [4.69, 9.17) is 11.6 Å². The number of benzene rings is 2. The van der Waals surface area contributed by atoms with Crippen molar-refractivity contribution in [2.45, 2.75) is 5.16 Å². The van der Waals surface area contributed by atoms with Crippen LogP contribution in [0.3, 0.4) is 0 Å². The van der Waals surface area contributed by atoms with E-state index in [9.17, 15) is 4.79 Å². The molecule has 1 aromatic heterocycles. The van der Waals surface area contributed by atoms with Gasteiger partial charge in [-0.15, -0.1) is 0 Å². The minimum absolute atomic E-state index is 0.0806. The lowest BCUT2D eigenvalue weighted by molar-refractivity contribution is -0.113. The number of carbonyl (C=O) groups is 1. The highest BCUT2D eigenvalue weighted by molar-refractivity contribution is 9.10. The molecule has 1 N–H and O–H groups in total. The number of hydrogen-bond acceptors (Lipinski definition) is 3. The van der Waals surface area contributed by atoms with Crippen LogP contribution in [0.15, 0.2) is 70.6 Å². The van der Waals surface area contributed by atoms with E-state index in [1.165, 1.54) is 11.8 Å². The second-order valence-electron chi connectivity index (χ2n) is 4.90. The summed E-state index contributed by atoms with van der Waals surface area (Å²) in [6, 6.07) is 15.0. The molecule has 1 heterocycles. The van der Waals surface area contributed by atoms with E-state index in [-0.39, 0.29) is 11.7 Å². The number of carbonyl (C=O) groups excluding carboxylic acids is 1. The number of nitrogens with one attached hydrogen (secondary N) is 1. The summed E-state index contributed by atoms with van der Waals surface area (Å²) in [4.78, 5) is 16.4. The molecule has 0 spiro atoms. The van der Waals surface area contributed by atoms with Crippen LogP contribution in [0.2, 0.25) is 5.02 Å². The summed E-state index contributed by atoms with van der Waals surface area (Å²) >= 11 is 10.8. The molecule has 0 radical (unpaired) electrons. The maximum atomic E-state index is 12.1.